The number of nitrogens with zero attached hydrogens (tertiary/aromatic N) is 1. The molecule has 1 aromatic carbocycles. The second-order valence-electron chi connectivity index (χ2n) is 4.60. The minimum atomic E-state index is -0.863. The highest BCUT2D eigenvalue weighted by Gasteiger charge is 2.23. The molecule has 0 aromatic heterocycles. The fourth-order valence-electron chi connectivity index (χ4n) is 2.10. The van der Waals surface area contributed by atoms with Crippen molar-refractivity contribution in [3.8, 4) is 0 Å². The van der Waals surface area contributed by atoms with Crippen LogP contribution in [-0.2, 0) is 4.79 Å². The molecule has 0 saturated carbocycles. The average Bonchev–Trinajstić information content (AvgIpc) is 2.37. The van der Waals surface area contributed by atoms with Crippen molar-refractivity contribution in [3.63, 3.8) is 0 Å². The number of carboxylic acids is 1. The predicted molar refractivity (Wildman–Crippen MR) is 70.3 cm³/mol. The van der Waals surface area contributed by atoms with Crippen LogP contribution in [-0.4, -0.2) is 40.7 Å². The molecule has 1 rings (SSSR count). The Kier molecular flexibility index (Phi) is 5.92. The highest BCUT2D eigenvalue weighted by molar-refractivity contribution is 5.66. The van der Waals surface area contributed by atoms with E-state index >= 15 is 0 Å². The minimum Gasteiger partial charge on any atom is -0.481 e. The van der Waals surface area contributed by atoms with Crippen molar-refractivity contribution in [2.24, 2.45) is 0 Å². The first kappa shape index (κ1) is 15.6. The van der Waals surface area contributed by atoms with Gasteiger partial charge in [-0.2, -0.15) is 0 Å². The normalized spacial score (nSPS) is 14.4. The van der Waals surface area contributed by atoms with Crippen molar-refractivity contribution in [2.45, 2.75) is 31.9 Å². The van der Waals surface area contributed by atoms with Crippen molar-refractivity contribution >= 4 is 5.97 Å². The lowest BCUT2D eigenvalue weighted by Crippen LogP contribution is -2.37. The van der Waals surface area contributed by atoms with Gasteiger partial charge in [-0.3, -0.25) is 9.69 Å². The lowest BCUT2D eigenvalue weighted by Gasteiger charge is -2.31. The Morgan fingerprint density at radius 1 is 1.37 bits per heavy atom. The van der Waals surface area contributed by atoms with E-state index in [0.717, 1.165) is 0 Å². The zero-order valence-electron chi connectivity index (χ0n) is 11.2. The van der Waals surface area contributed by atoms with Crippen LogP contribution in [0.5, 0.6) is 0 Å². The number of benzene rings is 1. The SMILES string of the molecule is CCC(C(O)c1ccc(F)cc1)N(C)CCC(=O)O. The number of carboxylic acid groups (broad SMARTS) is 1. The largest absolute Gasteiger partial charge is 0.481 e. The molecule has 0 heterocycles. The molecule has 0 aliphatic rings. The van der Waals surface area contributed by atoms with Crippen molar-refractivity contribution in [1.82, 2.24) is 4.90 Å². The van der Waals surface area contributed by atoms with E-state index < -0.39 is 12.1 Å². The van der Waals surface area contributed by atoms with E-state index in [4.69, 9.17) is 5.11 Å². The topological polar surface area (TPSA) is 60.8 Å². The molecule has 0 radical (unpaired) electrons. The minimum absolute atomic E-state index is 0.0309. The molecule has 4 nitrogen and oxygen atoms in total. The number of likely N-dealkylation sites (N-methyl/N-ethyl adjacent to an activating group) is 1. The summed E-state index contributed by atoms with van der Waals surface area (Å²) in [5.41, 5.74) is 0.635. The van der Waals surface area contributed by atoms with Gasteiger partial charge in [-0.05, 0) is 31.2 Å². The highest BCUT2D eigenvalue weighted by atomic mass is 19.1. The highest BCUT2D eigenvalue weighted by Crippen LogP contribution is 2.23. The van der Waals surface area contributed by atoms with E-state index in [-0.39, 0.29) is 18.3 Å². The van der Waals surface area contributed by atoms with Gasteiger partial charge in [-0.15, -0.1) is 0 Å². The quantitative estimate of drug-likeness (QED) is 0.795. The molecule has 0 aliphatic heterocycles. The summed E-state index contributed by atoms with van der Waals surface area (Å²) in [4.78, 5) is 12.4. The fraction of sp³-hybridized carbons (Fsp3) is 0.500. The van der Waals surface area contributed by atoms with Gasteiger partial charge in [0.15, 0.2) is 0 Å². The summed E-state index contributed by atoms with van der Waals surface area (Å²) in [5.74, 6) is -1.21. The molecule has 2 N–H and O–H groups in total. The van der Waals surface area contributed by atoms with Gasteiger partial charge in [-0.25, -0.2) is 4.39 Å². The number of aliphatic carboxylic acids is 1. The fourth-order valence-corrected chi connectivity index (χ4v) is 2.10. The molecule has 2 unspecified atom stereocenters. The Morgan fingerprint density at radius 3 is 2.42 bits per heavy atom. The van der Waals surface area contributed by atoms with Gasteiger partial charge in [0.2, 0.25) is 0 Å². The number of aliphatic hydroxyl groups excluding tert-OH is 1. The summed E-state index contributed by atoms with van der Waals surface area (Å²) in [5, 5.41) is 19.0. The van der Waals surface area contributed by atoms with Crippen LogP contribution in [0.25, 0.3) is 0 Å². The van der Waals surface area contributed by atoms with Gasteiger partial charge in [0.25, 0.3) is 0 Å². The van der Waals surface area contributed by atoms with Gasteiger partial charge >= 0.3 is 5.97 Å². The predicted octanol–water partition coefficient (Wildman–Crippen LogP) is 2.04. The second kappa shape index (κ2) is 7.21. The van der Waals surface area contributed by atoms with Crippen LogP contribution in [0, 0.1) is 5.82 Å². The molecule has 0 amide bonds. The first-order valence-corrected chi connectivity index (χ1v) is 6.31. The molecule has 0 bridgehead atoms. The lowest BCUT2D eigenvalue weighted by atomic mass is 9.99. The maximum absolute atomic E-state index is 12.8. The van der Waals surface area contributed by atoms with E-state index in [1.54, 1.807) is 19.2 Å². The smallest absolute Gasteiger partial charge is 0.304 e. The average molecular weight is 269 g/mol. The Morgan fingerprint density at radius 2 is 1.95 bits per heavy atom. The Hall–Kier alpha value is -1.46. The van der Waals surface area contributed by atoms with Crippen molar-refractivity contribution in [1.29, 1.82) is 0 Å². The van der Waals surface area contributed by atoms with Crippen LogP contribution < -0.4 is 0 Å². The van der Waals surface area contributed by atoms with Crippen LogP contribution in [0.15, 0.2) is 24.3 Å². The number of carbonyl (C=O) groups is 1. The molecule has 0 aliphatic carbocycles. The van der Waals surface area contributed by atoms with Crippen molar-refractivity contribution in [2.75, 3.05) is 13.6 Å². The molecular formula is C14H20FNO3. The van der Waals surface area contributed by atoms with Crippen LogP contribution in [0.4, 0.5) is 4.39 Å². The molecule has 19 heavy (non-hydrogen) atoms. The zero-order valence-corrected chi connectivity index (χ0v) is 11.2. The van der Waals surface area contributed by atoms with Crippen LogP contribution in [0.1, 0.15) is 31.4 Å². The standard InChI is InChI=1S/C14H20FNO3/c1-3-12(16(2)9-8-13(17)18)14(19)10-4-6-11(15)7-5-10/h4-7,12,14,19H,3,8-9H2,1-2H3,(H,17,18). The third kappa shape index (κ3) is 4.61. The van der Waals surface area contributed by atoms with Crippen LogP contribution in [0.3, 0.4) is 0 Å². The first-order valence-electron chi connectivity index (χ1n) is 6.31. The summed E-state index contributed by atoms with van der Waals surface area (Å²) >= 11 is 0. The number of aliphatic hydroxyl groups is 1. The molecule has 0 saturated heterocycles. The zero-order chi connectivity index (χ0) is 14.4. The van der Waals surface area contributed by atoms with E-state index in [9.17, 15) is 14.3 Å². The molecule has 0 fully saturated rings. The van der Waals surface area contributed by atoms with Gasteiger partial charge in [-0.1, -0.05) is 19.1 Å². The van der Waals surface area contributed by atoms with Crippen LogP contribution in [0.2, 0.25) is 0 Å². The number of halogens is 1. The van der Waals surface area contributed by atoms with Gasteiger partial charge in [0.1, 0.15) is 5.82 Å². The van der Waals surface area contributed by atoms with E-state index in [1.165, 1.54) is 12.1 Å². The molecule has 5 heteroatoms. The molecule has 0 spiro atoms. The van der Waals surface area contributed by atoms with E-state index in [0.29, 0.717) is 18.5 Å². The summed E-state index contributed by atoms with van der Waals surface area (Å²) in [6.07, 6.45) is -0.0537. The maximum atomic E-state index is 12.8. The van der Waals surface area contributed by atoms with Gasteiger partial charge in [0.05, 0.1) is 12.5 Å². The molecule has 1 aromatic rings. The third-order valence-corrected chi connectivity index (χ3v) is 3.24. The number of hydrogen-bond acceptors (Lipinski definition) is 3. The number of rotatable bonds is 7. The van der Waals surface area contributed by atoms with E-state index in [2.05, 4.69) is 0 Å². The summed E-state index contributed by atoms with van der Waals surface area (Å²) in [6.45, 7) is 2.29. The summed E-state index contributed by atoms with van der Waals surface area (Å²) < 4.78 is 12.8. The third-order valence-electron chi connectivity index (χ3n) is 3.24. The van der Waals surface area contributed by atoms with Gasteiger partial charge < -0.3 is 10.2 Å². The first-order chi connectivity index (χ1) is 8.95. The Bertz CT molecular complexity index is 408. The number of hydrogen-bond donors (Lipinski definition) is 2. The second-order valence-corrected chi connectivity index (χ2v) is 4.60. The molecule has 106 valence electrons. The maximum Gasteiger partial charge on any atom is 0.304 e. The lowest BCUT2D eigenvalue weighted by molar-refractivity contribution is -0.137. The Balaban J connectivity index is 2.72. The Labute approximate surface area is 112 Å². The van der Waals surface area contributed by atoms with Crippen molar-refractivity contribution in [3.05, 3.63) is 35.6 Å². The molecule has 2 atom stereocenters. The summed E-state index contributed by atoms with van der Waals surface area (Å²) in [6, 6.07) is 5.52. The van der Waals surface area contributed by atoms with Crippen LogP contribution >= 0.6 is 0 Å². The van der Waals surface area contributed by atoms with E-state index in [1.807, 2.05) is 11.8 Å². The summed E-state index contributed by atoms with van der Waals surface area (Å²) in [7, 11) is 1.78. The molecular weight excluding hydrogens is 249 g/mol. The van der Waals surface area contributed by atoms with Crippen molar-refractivity contribution < 1.29 is 19.4 Å². The van der Waals surface area contributed by atoms with Gasteiger partial charge in [0, 0.05) is 12.6 Å². The monoisotopic (exact) mass is 269 g/mol.